The SMILES string of the molecule is O=C(NS(=O)c1ccccc1)c1ccc(-n2ccc(OCC3(C(F)(F)F)CC3)n2)nc1F. The van der Waals surface area contributed by atoms with Crippen molar-refractivity contribution >= 4 is 16.9 Å². The van der Waals surface area contributed by atoms with Crippen LogP contribution in [-0.4, -0.2) is 37.7 Å². The molecule has 1 atom stereocenters. The third-order valence-corrected chi connectivity index (χ3v) is 6.04. The largest absolute Gasteiger partial charge is 0.476 e. The van der Waals surface area contributed by atoms with Gasteiger partial charge in [0.2, 0.25) is 11.8 Å². The fraction of sp³-hybridized carbons (Fsp3) is 0.250. The molecule has 168 valence electrons. The van der Waals surface area contributed by atoms with Crippen molar-refractivity contribution in [3.63, 3.8) is 0 Å². The molecular formula is C20H16F4N4O3S. The quantitative estimate of drug-likeness (QED) is 0.423. The Morgan fingerprint density at radius 3 is 2.50 bits per heavy atom. The van der Waals surface area contributed by atoms with Crippen molar-refractivity contribution in [2.45, 2.75) is 23.9 Å². The molecule has 0 saturated heterocycles. The van der Waals surface area contributed by atoms with E-state index in [2.05, 4.69) is 14.8 Å². The number of carbonyl (C=O) groups is 1. The van der Waals surface area contributed by atoms with Gasteiger partial charge in [0.1, 0.15) is 12.0 Å². The zero-order chi connectivity index (χ0) is 22.9. The molecule has 2 heterocycles. The van der Waals surface area contributed by atoms with Crippen LogP contribution in [0.1, 0.15) is 23.2 Å². The average molecular weight is 468 g/mol. The van der Waals surface area contributed by atoms with Crippen molar-refractivity contribution < 1.29 is 31.3 Å². The Hall–Kier alpha value is -3.28. The molecule has 1 aliphatic rings. The summed E-state index contributed by atoms with van der Waals surface area (Å²) >= 11 is 0. The van der Waals surface area contributed by atoms with Crippen LogP contribution in [0.25, 0.3) is 5.82 Å². The molecule has 1 amide bonds. The second-order valence-corrected chi connectivity index (χ2v) is 8.40. The lowest BCUT2D eigenvalue weighted by Gasteiger charge is -2.18. The van der Waals surface area contributed by atoms with Crippen LogP contribution in [0.2, 0.25) is 0 Å². The minimum atomic E-state index is -4.35. The Morgan fingerprint density at radius 2 is 1.88 bits per heavy atom. The van der Waals surface area contributed by atoms with Crippen LogP contribution < -0.4 is 9.46 Å². The third kappa shape index (κ3) is 4.49. The number of ether oxygens (including phenoxy) is 1. The average Bonchev–Trinajstić information content (AvgIpc) is 3.43. The van der Waals surface area contributed by atoms with E-state index < -0.39 is 46.6 Å². The molecule has 1 fully saturated rings. The number of rotatable bonds is 7. The van der Waals surface area contributed by atoms with Gasteiger partial charge in [0.25, 0.3) is 5.91 Å². The molecule has 1 saturated carbocycles. The first kappa shape index (κ1) is 21.9. The van der Waals surface area contributed by atoms with Gasteiger partial charge in [-0.05, 0) is 37.1 Å². The monoisotopic (exact) mass is 468 g/mol. The van der Waals surface area contributed by atoms with Crippen LogP contribution in [0, 0.1) is 11.4 Å². The summed E-state index contributed by atoms with van der Waals surface area (Å²) < 4.78 is 74.0. The fourth-order valence-electron chi connectivity index (χ4n) is 2.85. The van der Waals surface area contributed by atoms with Crippen LogP contribution in [-0.2, 0) is 11.0 Å². The smallest absolute Gasteiger partial charge is 0.397 e. The van der Waals surface area contributed by atoms with Crippen LogP contribution in [0.5, 0.6) is 5.88 Å². The van der Waals surface area contributed by atoms with Crippen molar-refractivity contribution in [1.82, 2.24) is 19.5 Å². The highest BCUT2D eigenvalue weighted by Gasteiger charge is 2.64. The number of carbonyl (C=O) groups excluding carboxylic acids is 1. The lowest BCUT2D eigenvalue weighted by molar-refractivity contribution is -0.194. The fourth-order valence-corrected chi connectivity index (χ4v) is 3.65. The zero-order valence-electron chi connectivity index (χ0n) is 16.3. The van der Waals surface area contributed by atoms with Crippen molar-refractivity contribution in [1.29, 1.82) is 0 Å². The molecule has 4 rings (SSSR count). The van der Waals surface area contributed by atoms with E-state index in [0.717, 1.165) is 10.7 Å². The van der Waals surface area contributed by atoms with Crippen molar-refractivity contribution in [3.05, 3.63) is 66.2 Å². The lowest BCUT2D eigenvalue weighted by atomic mass is 10.1. The number of nitrogens with zero attached hydrogens (tertiary/aromatic N) is 3. The maximum absolute atomic E-state index is 14.4. The van der Waals surface area contributed by atoms with Gasteiger partial charge >= 0.3 is 6.18 Å². The van der Waals surface area contributed by atoms with Crippen LogP contribution in [0.3, 0.4) is 0 Å². The van der Waals surface area contributed by atoms with E-state index in [1.807, 2.05) is 0 Å². The highest BCUT2D eigenvalue weighted by atomic mass is 32.2. The van der Waals surface area contributed by atoms with Crippen molar-refractivity contribution in [2.75, 3.05) is 6.61 Å². The molecular weight excluding hydrogens is 452 g/mol. The molecule has 12 heteroatoms. The van der Waals surface area contributed by atoms with E-state index in [0.29, 0.717) is 4.90 Å². The topological polar surface area (TPSA) is 86.1 Å². The van der Waals surface area contributed by atoms with Gasteiger partial charge in [-0.1, -0.05) is 18.2 Å². The number of halogens is 4. The molecule has 7 nitrogen and oxygen atoms in total. The summed E-state index contributed by atoms with van der Waals surface area (Å²) in [5.74, 6) is -2.13. The van der Waals surface area contributed by atoms with Crippen LogP contribution >= 0.6 is 0 Å². The normalized spacial score (nSPS) is 15.8. The molecule has 0 aliphatic heterocycles. The van der Waals surface area contributed by atoms with E-state index in [-0.39, 0.29) is 24.5 Å². The summed E-state index contributed by atoms with van der Waals surface area (Å²) in [6, 6.07) is 11.9. The molecule has 0 spiro atoms. The Balaban J connectivity index is 1.42. The van der Waals surface area contributed by atoms with Gasteiger partial charge in [-0.2, -0.15) is 22.5 Å². The van der Waals surface area contributed by atoms with Gasteiger partial charge < -0.3 is 4.74 Å². The first-order valence-electron chi connectivity index (χ1n) is 9.38. The van der Waals surface area contributed by atoms with Crippen LogP contribution in [0.4, 0.5) is 17.6 Å². The maximum Gasteiger partial charge on any atom is 0.397 e. The summed E-state index contributed by atoms with van der Waals surface area (Å²) in [5.41, 5.74) is -2.27. The lowest BCUT2D eigenvalue weighted by Crippen LogP contribution is -2.30. The molecule has 3 aromatic rings. The predicted octanol–water partition coefficient (Wildman–Crippen LogP) is 3.58. The molecule has 32 heavy (non-hydrogen) atoms. The molecule has 1 aliphatic carbocycles. The van der Waals surface area contributed by atoms with E-state index in [4.69, 9.17) is 4.74 Å². The number of pyridine rings is 1. The third-order valence-electron chi connectivity index (χ3n) is 4.97. The predicted molar refractivity (Wildman–Crippen MR) is 105 cm³/mol. The minimum absolute atomic E-state index is 0.00254. The van der Waals surface area contributed by atoms with Gasteiger partial charge in [-0.3, -0.25) is 9.52 Å². The standard InChI is InChI=1S/C20H16F4N4O3S/c21-17-14(18(29)27-32(30)13-4-2-1-3-5-13)6-7-15(25-17)28-11-8-16(26-28)31-12-19(9-10-19)20(22,23)24/h1-8,11H,9-10,12H2,(H,27,29). The van der Waals surface area contributed by atoms with Crippen LogP contribution in [0.15, 0.2) is 59.6 Å². The molecule has 2 aromatic heterocycles. The maximum atomic E-state index is 14.4. The number of amides is 1. The Bertz CT molecular complexity index is 1160. The summed E-state index contributed by atoms with van der Waals surface area (Å²) in [6.45, 7) is -0.549. The summed E-state index contributed by atoms with van der Waals surface area (Å²) in [6.07, 6.45) is -3.00. The highest BCUT2D eigenvalue weighted by Crippen LogP contribution is 2.57. The summed E-state index contributed by atoms with van der Waals surface area (Å²) in [5, 5.41) is 3.95. The number of nitrogens with one attached hydrogen (secondary N) is 1. The number of aromatic nitrogens is 3. The number of hydrogen-bond acceptors (Lipinski definition) is 5. The molecule has 0 bridgehead atoms. The highest BCUT2D eigenvalue weighted by molar-refractivity contribution is 7.83. The Morgan fingerprint density at radius 1 is 1.16 bits per heavy atom. The number of benzene rings is 1. The van der Waals surface area contributed by atoms with E-state index in [1.54, 1.807) is 30.3 Å². The van der Waals surface area contributed by atoms with E-state index in [9.17, 15) is 26.6 Å². The van der Waals surface area contributed by atoms with Gasteiger partial charge in [0.15, 0.2) is 16.8 Å². The molecule has 1 aromatic carbocycles. The minimum Gasteiger partial charge on any atom is -0.476 e. The summed E-state index contributed by atoms with van der Waals surface area (Å²) in [7, 11) is -1.88. The number of alkyl halides is 3. The second-order valence-electron chi connectivity index (χ2n) is 7.19. The van der Waals surface area contributed by atoms with E-state index >= 15 is 0 Å². The van der Waals surface area contributed by atoms with Crippen molar-refractivity contribution in [3.8, 4) is 11.7 Å². The first-order valence-corrected chi connectivity index (χ1v) is 10.5. The Kier molecular flexibility index (Phi) is 5.71. The first-order chi connectivity index (χ1) is 15.2. The van der Waals surface area contributed by atoms with Gasteiger partial charge in [-0.25, -0.2) is 8.89 Å². The second kappa shape index (κ2) is 8.34. The van der Waals surface area contributed by atoms with Crippen molar-refractivity contribution in [2.24, 2.45) is 5.41 Å². The zero-order valence-corrected chi connectivity index (χ0v) is 17.1. The Labute approximate surface area is 182 Å². The van der Waals surface area contributed by atoms with Gasteiger partial charge in [0, 0.05) is 12.3 Å². The molecule has 0 radical (unpaired) electrons. The van der Waals surface area contributed by atoms with Gasteiger partial charge in [-0.15, -0.1) is 5.10 Å². The van der Waals surface area contributed by atoms with E-state index in [1.165, 1.54) is 18.3 Å². The molecule has 1 unspecified atom stereocenters. The summed E-state index contributed by atoms with van der Waals surface area (Å²) in [4.78, 5) is 16.2. The van der Waals surface area contributed by atoms with Gasteiger partial charge in [0.05, 0.1) is 10.5 Å². The number of hydrogen-bond donors (Lipinski definition) is 1. The molecule has 1 N–H and O–H groups in total.